The van der Waals surface area contributed by atoms with E-state index in [0.717, 1.165) is 51.4 Å². The highest BCUT2D eigenvalue weighted by Gasteiger charge is 2.17. The average Bonchev–Trinajstić information content (AvgIpc) is 2.89. The van der Waals surface area contributed by atoms with Gasteiger partial charge in [-0.3, -0.25) is 14.4 Å². The van der Waals surface area contributed by atoms with E-state index in [4.69, 9.17) is 11.5 Å². The number of nitrogens with one attached hydrogen (secondary N) is 2. The Labute approximate surface area is 233 Å². The summed E-state index contributed by atoms with van der Waals surface area (Å²) < 4.78 is 0. The zero-order valence-corrected chi connectivity index (χ0v) is 24.7. The first kappa shape index (κ1) is 36.3. The predicted octanol–water partition coefficient (Wildman–Crippen LogP) is 5.84. The van der Waals surface area contributed by atoms with Crippen molar-refractivity contribution in [3.05, 3.63) is 12.2 Å². The van der Waals surface area contributed by atoms with E-state index in [1.54, 1.807) is 0 Å². The maximum atomic E-state index is 12.3. The number of allylic oxidation sites excluding steroid dienone is 2. The van der Waals surface area contributed by atoms with Gasteiger partial charge >= 0.3 is 0 Å². The van der Waals surface area contributed by atoms with Crippen LogP contribution in [-0.4, -0.2) is 42.8 Å². The molecule has 0 spiro atoms. The monoisotopic (exact) mass is 536 g/mol. The number of rotatable bonds is 27. The van der Waals surface area contributed by atoms with Crippen LogP contribution < -0.4 is 22.1 Å². The van der Waals surface area contributed by atoms with Crippen LogP contribution in [0.5, 0.6) is 0 Å². The SMILES string of the molecule is CCCCCCCCC=CCCCCCCCC(=O)NC(CCCCNC(=O)C(N)CCCCN)C(C)=O. The van der Waals surface area contributed by atoms with Crippen molar-refractivity contribution in [2.24, 2.45) is 11.5 Å². The maximum absolute atomic E-state index is 12.3. The van der Waals surface area contributed by atoms with Crippen LogP contribution in [0.4, 0.5) is 0 Å². The molecule has 0 saturated carbocycles. The van der Waals surface area contributed by atoms with Crippen molar-refractivity contribution in [3.63, 3.8) is 0 Å². The lowest BCUT2D eigenvalue weighted by Crippen LogP contribution is -2.41. The van der Waals surface area contributed by atoms with Gasteiger partial charge in [0.15, 0.2) is 5.78 Å². The van der Waals surface area contributed by atoms with Gasteiger partial charge < -0.3 is 22.1 Å². The highest BCUT2D eigenvalue weighted by atomic mass is 16.2. The molecule has 0 aromatic heterocycles. The summed E-state index contributed by atoms with van der Waals surface area (Å²) in [5.74, 6) is -0.202. The minimum Gasteiger partial charge on any atom is -0.355 e. The molecule has 0 bridgehead atoms. The van der Waals surface area contributed by atoms with Crippen molar-refractivity contribution < 1.29 is 14.4 Å². The minimum absolute atomic E-state index is 0.0196. The van der Waals surface area contributed by atoms with Crippen molar-refractivity contribution in [1.29, 1.82) is 0 Å². The van der Waals surface area contributed by atoms with E-state index in [1.165, 1.54) is 64.7 Å². The van der Waals surface area contributed by atoms with Gasteiger partial charge in [-0.25, -0.2) is 0 Å². The highest BCUT2D eigenvalue weighted by molar-refractivity contribution is 5.87. The Hall–Kier alpha value is -1.73. The number of Topliss-reactive ketones (excluding diaryl/α,β-unsaturated/α-hetero) is 1. The summed E-state index contributed by atoms with van der Waals surface area (Å²) >= 11 is 0. The molecule has 0 heterocycles. The van der Waals surface area contributed by atoms with Crippen LogP contribution in [-0.2, 0) is 14.4 Å². The number of ketones is 1. The summed E-state index contributed by atoms with van der Waals surface area (Å²) in [6, 6.07) is -0.942. The Morgan fingerprint density at radius 1 is 0.737 bits per heavy atom. The minimum atomic E-state index is -0.498. The first-order valence-electron chi connectivity index (χ1n) is 15.6. The number of unbranched alkanes of at least 4 members (excludes halogenated alkanes) is 13. The number of amides is 2. The molecule has 7 nitrogen and oxygen atoms in total. The molecule has 0 aliphatic rings. The van der Waals surface area contributed by atoms with E-state index in [-0.39, 0.29) is 17.6 Å². The van der Waals surface area contributed by atoms with Crippen molar-refractivity contribution >= 4 is 17.6 Å². The number of hydrogen-bond donors (Lipinski definition) is 4. The van der Waals surface area contributed by atoms with Crippen LogP contribution in [0.3, 0.4) is 0 Å². The van der Waals surface area contributed by atoms with Crippen molar-refractivity contribution in [2.45, 2.75) is 154 Å². The van der Waals surface area contributed by atoms with E-state index in [1.807, 2.05) is 0 Å². The van der Waals surface area contributed by atoms with Crippen LogP contribution in [0.15, 0.2) is 12.2 Å². The van der Waals surface area contributed by atoms with E-state index < -0.39 is 12.1 Å². The number of nitrogens with two attached hydrogens (primary N) is 2. The van der Waals surface area contributed by atoms with Crippen molar-refractivity contribution in [3.8, 4) is 0 Å². The Morgan fingerprint density at radius 3 is 1.92 bits per heavy atom. The predicted molar refractivity (Wildman–Crippen MR) is 160 cm³/mol. The molecule has 222 valence electrons. The zero-order chi connectivity index (χ0) is 28.3. The topological polar surface area (TPSA) is 127 Å². The van der Waals surface area contributed by atoms with Gasteiger partial charge in [-0.2, -0.15) is 0 Å². The molecular formula is C31H60N4O3. The molecule has 0 aromatic rings. The second kappa shape index (κ2) is 26.9. The van der Waals surface area contributed by atoms with Crippen LogP contribution >= 0.6 is 0 Å². The Balaban J connectivity index is 3.76. The third-order valence-electron chi connectivity index (χ3n) is 7.02. The molecule has 7 heteroatoms. The van der Waals surface area contributed by atoms with Crippen molar-refractivity contribution in [1.82, 2.24) is 10.6 Å². The Kier molecular flexibility index (Phi) is 25.6. The quantitative estimate of drug-likeness (QED) is 0.0774. The van der Waals surface area contributed by atoms with E-state index >= 15 is 0 Å². The fourth-order valence-electron chi connectivity index (χ4n) is 4.46. The second-order valence-electron chi connectivity index (χ2n) is 10.7. The van der Waals surface area contributed by atoms with Crippen LogP contribution in [0.25, 0.3) is 0 Å². The standard InChI is InChI=1S/C31H60N4O3/c1-3-4-5-6-7-8-9-10-11-12-13-14-15-16-17-24-30(37)35-29(27(2)36)23-19-21-26-34-31(38)28(33)22-18-20-25-32/h10-11,28-29H,3-9,12-26,32-33H2,1-2H3,(H,34,38)(H,35,37). The fourth-order valence-corrected chi connectivity index (χ4v) is 4.46. The molecule has 0 aliphatic carbocycles. The van der Waals surface area contributed by atoms with Gasteiger partial charge in [-0.05, 0) is 77.7 Å². The van der Waals surface area contributed by atoms with Gasteiger partial charge in [0.25, 0.3) is 0 Å². The highest BCUT2D eigenvalue weighted by Crippen LogP contribution is 2.10. The summed E-state index contributed by atoms with van der Waals surface area (Å²) in [5, 5.41) is 5.75. The number of carbonyl (C=O) groups is 3. The largest absolute Gasteiger partial charge is 0.355 e. The van der Waals surface area contributed by atoms with Gasteiger partial charge in [0, 0.05) is 13.0 Å². The molecule has 6 N–H and O–H groups in total. The molecule has 0 rings (SSSR count). The molecule has 0 fully saturated rings. The summed E-state index contributed by atoms with van der Waals surface area (Å²) in [5.41, 5.74) is 11.3. The van der Waals surface area contributed by atoms with Crippen LogP contribution in [0.1, 0.15) is 142 Å². The lowest BCUT2D eigenvalue weighted by molar-refractivity contribution is -0.127. The summed E-state index contributed by atoms with van der Waals surface area (Å²) in [4.78, 5) is 36.3. The van der Waals surface area contributed by atoms with Gasteiger partial charge in [-0.15, -0.1) is 0 Å². The summed E-state index contributed by atoms with van der Waals surface area (Å²) in [6.07, 6.45) is 25.5. The molecular weight excluding hydrogens is 476 g/mol. The maximum Gasteiger partial charge on any atom is 0.236 e. The second-order valence-corrected chi connectivity index (χ2v) is 10.7. The molecule has 2 amide bonds. The van der Waals surface area contributed by atoms with Gasteiger partial charge in [0.2, 0.25) is 11.8 Å². The molecule has 2 atom stereocenters. The molecule has 38 heavy (non-hydrogen) atoms. The first-order chi connectivity index (χ1) is 18.4. The van der Waals surface area contributed by atoms with Crippen LogP contribution in [0, 0.1) is 0 Å². The molecule has 0 aromatic carbocycles. The Morgan fingerprint density at radius 2 is 1.32 bits per heavy atom. The van der Waals surface area contributed by atoms with E-state index in [0.29, 0.717) is 32.4 Å². The lowest BCUT2D eigenvalue weighted by atomic mass is 10.0. The van der Waals surface area contributed by atoms with Gasteiger partial charge in [-0.1, -0.05) is 76.9 Å². The fraction of sp³-hybridized carbons (Fsp3) is 0.839. The molecule has 0 saturated heterocycles. The smallest absolute Gasteiger partial charge is 0.236 e. The summed E-state index contributed by atoms with van der Waals surface area (Å²) in [6.45, 7) is 4.91. The molecule has 0 radical (unpaired) electrons. The zero-order valence-electron chi connectivity index (χ0n) is 24.7. The summed E-state index contributed by atoms with van der Waals surface area (Å²) in [7, 11) is 0. The average molecular weight is 537 g/mol. The van der Waals surface area contributed by atoms with E-state index in [2.05, 4.69) is 29.7 Å². The first-order valence-corrected chi connectivity index (χ1v) is 15.6. The Bertz CT molecular complexity index is 624. The molecule has 0 aliphatic heterocycles. The van der Waals surface area contributed by atoms with Gasteiger partial charge in [0.1, 0.15) is 0 Å². The lowest BCUT2D eigenvalue weighted by Gasteiger charge is -2.16. The van der Waals surface area contributed by atoms with Crippen molar-refractivity contribution in [2.75, 3.05) is 13.1 Å². The third kappa shape index (κ3) is 23.4. The van der Waals surface area contributed by atoms with Crippen LogP contribution in [0.2, 0.25) is 0 Å². The number of hydrogen-bond acceptors (Lipinski definition) is 5. The number of carbonyl (C=O) groups excluding carboxylic acids is 3. The van der Waals surface area contributed by atoms with E-state index in [9.17, 15) is 14.4 Å². The van der Waals surface area contributed by atoms with Gasteiger partial charge in [0.05, 0.1) is 12.1 Å². The normalized spacial score (nSPS) is 12.9. The molecule has 2 unspecified atom stereocenters. The third-order valence-corrected chi connectivity index (χ3v) is 7.02.